The van der Waals surface area contributed by atoms with Gasteiger partial charge in [-0.3, -0.25) is 0 Å². The number of rotatable bonds is 2. The lowest BCUT2D eigenvalue weighted by atomic mass is 10.0. The Hall–Kier alpha value is -1.62. The molecule has 0 N–H and O–H groups in total. The van der Waals surface area contributed by atoms with Crippen LogP contribution in [0, 0.1) is 0 Å². The number of nitrogens with zero attached hydrogens (tertiary/aromatic N) is 2. The first kappa shape index (κ1) is 13.8. The van der Waals surface area contributed by atoms with E-state index in [0.29, 0.717) is 0 Å². The molecule has 0 amide bonds. The fourth-order valence-electron chi connectivity index (χ4n) is 2.15. The summed E-state index contributed by atoms with van der Waals surface area (Å²) in [5, 5.41) is 0. The van der Waals surface area contributed by atoms with E-state index in [-0.39, 0.29) is 24.0 Å². The molecule has 96 valence electrons. The molecular weight excluding hydrogens is 347 g/mol. The third-order valence-corrected chi connectivity index (χ3v) is 3.04. The van der Waals surface area contributed by atoms with E-state index in [1.165, 1.54) is 16.8 Å². The minimum Gasteiger partial charge on any atom is -1.00 e. The average Bonchev–Trinajstić information content (AvgIpc) is 2.86. The van der Waals surface area contributed by atoms with Crippen LogP contribution in [-0.4, -0.2) is 4.57 Å². The van der Waals surface area contributed by atoms with Gasteiger partial charge in [0.25, 0.3) is 0 Å². The highest BCUT2D eigenvalue weighted by atomic mass is 127. The highest BCUT2D eigenvalue weighted by molar-refractivity contribution is 5.72. The maximum absolute atomic E-state index is 2.16. The summed E-state index contributed by atoms with van der Waals surface area (Å²) in [6.45, 7) is 0. The summed E-state index contributed by atoms with van der Waals surface area (Å²) in [6.07, 6.45) is 6.19. The van der Waals surface area contributed by atoms with Crippen LogP contribution >= 0.6 is 0 Å². The number of imidazole rings is 1. The Morgan fingerprint density at radius 3 is 2.26 bits per heavy atom. The predicted octanol–water partition coefficient (Wildman–Crippen LogP) is -0.0272. The van der Waals surface area contributed by atoms with Gasteiger partial charge in [-0.15, -0.1) is 0 Å². The van der Waals surface area contributed by atoms with Crippen LogP contribution in [0.2, 0.25) is 0 Å². The zero-order chi connectivity index (χ0) is 12.4. The van der Waals surface area contributed by atoms with Crippen molar-refractivity contribution >= 4 is 0 Å². The molecule has 0 aliphatic rings. The third kappa shape index (κ3) is 2.87. The molecule has 3 heteroatoms. The fraction of sp³-hybridized carbons (Fsp3) is 0.0625. The van der Waals surface area contributed by atoms with E-state index in [1.807, 2.05) is 23.9 Å². The zero-order valence-corrected chi connectivity index (χ0v) is 12.9. The molecule has 1 heterocycles. The Kier molecular flexibility index (Phi) is 4.37. The molecule has 2 aromatic carbocycles. The van der Waals surface area contributed by atoms with Crippen molar-refractivity contribution < 1.29 is 28.5 Å². The van der Waals surface area contributed by atoms with Crippen molar-refractivity contribution in [2.24, 2.45) is 7.05 Å². The van der Waals surface area contributed by atoms with Gasteiger partial charge in [-0.05, 0) is 11.6 Å². The molecule has 0 atom stereocenters. The van der Waals surface area contributed by atoms with E-state index in [9.17, 15) is 0 Å². The van der Waals surface area contributed by atoms with Gasteiger partial charge >= 0.3 is 0 Å². The average molecular weight is 362 g/mol. The summed E-state index contributed by atoms with van der Waals surface area (Å²) in [4.78, 5) is 0. The van der Waals surface area contributed by atoms with Gasteiger partial charge in [0.1, 0.15) is 18.1 Å². The number of aryl methyl sites for hydroxylation is 1. The van der Waals surface area contributed by atoms with E-state index in [4.69, 9.17) is 0 Å². The van der Waals surface area contributed by atoms with Crippen molar-refractivity contribution in [2.45, 2.75) is 0 Å². The van der Waals surface area contributed by atoms with Crippen LogP contribution in [0.4, 0.5) is 0 Å². The first-order chi connectivity index (χ1) is 8.84. The zero-order valence-electron chi connectivity index (χ0n) is 10.7. The van der Waals surface area contributed by atoms with Gasteiger partial charge in [-0.25, -0.2) is 9.13 Å². The summed E-state index contributed by atoms with van der Waals surface area (Å²) < 4.78 is 4.18. The lowest BCUT2D eigenvalue weighted by Crippen LogP contribution is -3.00. The van der Waals surface area contributed by atoms with Crippen LogP contribution in [-0.2, 0) is 7.05 Å². The van der Waals surface area contributed by atoms with Gasteiger partial charge in [-0.1, -0.05) is 48.5 Å². The largest absolute Gasteiger partial charge is 1.00 e. The van der Waals surface area contributed by atoms with E-state index in [0.717, 1.165) is 0 Å². The van der Waals surface area contributed by atoms with Gasteiger partial charge in [-0.2, -0.15) is 0 Å². The van der Waals surface area contributed by atoms with Crippen LogP contribution in [0.25, 0.3) is 16.8 Å². The number of aromatic nitrogens is 2. The molecule has 0 bridgehead atoms. The Balaban J connectivity index is 0.00000133. The van der Waals surface area contributed by atoms with Gasteiger partial charge < -0.3 is 24.0 Å². The maximum Gasteiger partial charge on any atom is 0.248 e. The van der Waals surface area contributed by atoms with E-state index in [2.05, 4.69) is 65.6 Å². The monoisotopic (exact) mass is 362 g/mol. The van der Waals surface area contributed by atoms with Crippen LogP contribution in [0.15, 0.2) is 73.3 Å². The maximum atomic E-state index is 2.16. The minimum atomic E-state index is 0. The lowest BCUT2D eigenvalue weighted by Gasteiger charge is -2.05. The van der Waals surface area contributed by atoms with Crippen molar-refractivity contribution in [3.05, 3.63) is 73.3 Å². The first-order valence-electron chi connectivity index (χ1n) is 6.02. The summed E-state index contributed by atoms with van der Waals surface area (Å²) in [5.74, 6) is 0. The van der Waals surface area contributed by atoms with Crippen LogP contribution in [0.3, 0.4) is 0 Å². The Bertz CT molecular complexity index is 659. The molecule has 0 fully saturated rings. The second-order valence-electron chi connectivity index (χ2n) is 4.37. The molecule has 0 radical (unpaired) electrons. The molecule has 3 rings (SSSR count). The highest BCUT2D eigenvalue weighted by Gasteiger charge is 2.10. The number of para-hydroxylation sites is 1. The minimum absolute atomic E-state index is 0. The number of hydrogen-bond donors (Lipinski definition) is 0. The summed E-state index contributed by atoms with van der Waals surface area (Å²) in [6, 6.07) is 18.9. The standard InChI is InChI=1S/C16H15N2.HI/c1-17-11-12-18(13-17)16-10-6-5-9-15(16)14-7-3-2-4-8-14;/h2-13H,1H3;1H/q+1;/p-1. The summed E-state index contributed by atoms with van der Waals surface area (Å²) >= 11 is 0. The van der Waals surface area contributed by atoms with Crippen molar-refractivity contribution in [3.63, 3.8) is 0 Å². The molecule has 1 aromatic heterocycles. The molecular formula is C16H15IN2. The van der Waals surface area contributed by atoms with E-state index < -0.39 is 0 Å². The Morgan fingerprint density at radius 1 is 0.895 bits per heavy atom. The van der Waals surface area contributed by atoms with Crippen molar-refractivity contribution in [1.82, 2.24) is 4.57 Å². The predicted molar refractivity (Wildman–Crippen MR) is 72.4 cm³/mol. The second-order valence-corrected chi connectivity index (χ2v) is 4.37. The van der Waals surface area contributed by atoms with Crippen LogP contribution in [0.5, 0.6) is 0 Å². The van der Waals surface area contributed by atoms with Gasteiger partial charge in [0.05, 0.1) is 7.05 Å². The SMILES string of the molecule is C[n+]1ccn(-c2ccccc2-c2ccccc2)c1.[I-]. The number of benzene rings is 2. The third-order valence-electron chi connectivity index (χ3n) is 3.04. The van der Waals surface area contributed by atoms with Crippen molar-refractivity contribution in [1.29, 1.82) is 0 Å². The smallest absolute Gasteiger partial charge is 0.248 e. The lowest BCUT2D eigenvalue weighted by molar-refractivity contribution is -0.670. The molecule has 0 aliphatic carbocycles. The molecule has 0 saturated carbocycles. The van der Waals surface area contributed by atoms with Gasteiger partial charge in [0.15, 0.2) is 0 Å². The van der Waals surface area contributed by atoms with Crippen molar-refractivity contribution in [2.75, 3.05) is 0 Å². The number of halogens is 1. The Labute approximate surface area is 130 Å². The summed E-state index contributed by atoms with van der Waals surface area (Å²) in [5.41, 5.74) is 3.68. The molecule has 19 heavy (non-hydrogen) atoms. The molecule has 0 spiro atoms. The van der Waals surface area contributed by atoms with Gasteiger partial charge in [0, 0.05) is 5.56 Å². The van der Waals surface area contributed by atoms with E-state index in [1.54, 1.807) is 0 Å². The topological polar surface area (TPSA) is 8.81 Å². The normalized spacial score (nSPS) is 9.95. The van der Waals surface area contributed by atoms with Crippen LogP contribution in [0.1, 0.15) is 0 Å². The second kappa shape index (κ2) is 6.02. The number of hydrogen-bond acceptors (Lipinski definition) is 0. The molecule has 3 aromatic rings. The van der Waals surface area contributed by atoms with E-state index >= 15 is 0 Å². The quantitative estimate of drug-likeness (QED) is 0.448. The summed E-state index contributed by atoms with van der Waals surface area (Å²) in [7, 11) is 2.03. The Morgan fingerprint density at radius 2 is 1.58 bits per heavy atom. The molecule has 0 saturated heterocycles. The van der Waals surface area contributed by atoms with Gasteiger partial charge in [0.2, 0.25) is 6.33 Å². The van der Waals surface area contributed by atoms with Crippen molar-refractivity contribution in [3.8, 4) is 16.8 Å². The first-order valence-corrected chi connectivity index (χ1v) is 6.02. The molecule has 0 unspecified atom stereocenters. The molecule has 2 nitrogen and oxygen atoms in total. The fourth-order valence-corrected chi connectivity index (χ4v) is 2.15. The molecule has 0 aliphatic heterocycles. The highest BCUT2D eigenvalue weighted by Crippen LogP contribution is 2.25. The van der Waals surface area contributed by atoms with Crippen LogP contribution < -0.4 is 28.5 Å².